The van der Waals surface area contributed by atoms with Gasteiger partial charge in [0.2, 0.25) is 5.91 Å². The average molecular weight is 339 g/mol. The molecule has 1 N–H and O–H groups in total. The van der Waals surface area contributed by atoms with Crippen LogP contribution in [0, 0.1) is 5.82 Å². The Morgan fingerprint density at radius 2 is 1.83 bits per heavy atom. The minimum absolute atomic E-state index is 0.0596. The molecule has 0 saturated carbocycles. The van der Waals surface area contributed by atoms with Gasteiger partial charge in [0.15, 0.2) is 0 Å². The normalized spacial score (nSPS) is 14.7. The summed E-state index contributed by atoms with van der Waals surface area (Å²) in [5.41, 5.74) is 0. The summed E-state index contributed by atoms with van der Waals surface area (Å²) in [5, 5.41) is 2.76. The van der Waals surface area contributed by atoms with Crippen LogP contribution in [0.3, 0.4) is 0 Å². The first-order chi connectivity index (χ1) is 11.1. The fourth-order valence-electron chi connectivity index (χ4n) is 2.39. The van der Waals surface area contributed by atoms with Crippen molar-refractivity contribution < 1.29 is 14.0 Å². The Bertz CT molecular complexity index is 548. The minimum atomic E-state index is -0.250. The summed E-state index contributed by atoms with van der Waals surface area (Å²) in [5.74, 6) is 0.362. The second-order valence-corrected chi connectivity index (χ2v) is 6.37. The van der Waals surface area contributed by atoms with Crippen molar-refractivity contribution in [3.8, 4) is 0 Å². The number of halogens is 1. The average Bonchev–Trinajstić information content (AvgIpc) is 2.57. The van der Waals surface area contributed by atoms with E-state index in [9.17, 15) is 14.0 Å². The maximum atomic E-state index is 13.5. The van der Waals surface area contributed by atoms with Gasteiger partial charge in [0, 0.05) is 49.8 Å². The summed E-state index contributed by atoms with van der Waals surface area (Å²) in [7, 11) is 0. The number of nitrogens with zero attached hydrogens (tertiary/aromatic N) is 2. The zero-order valence-corrected chi connectivity index (χ0v) is 14.1. The van der Waals surface area contributed by atoms with E-state index in [0.717, 1.165) is 0 Å². The first-order valence-corrected chi connectivity index (χ1v) is 8.78. The Kier molecular flexibility index (Phi) is 6.70. The lowest BCUT2D eigenvalue weighted by atomic mass is 10.3. The van der Waals surface area contributed by atoms with Crippen LogP contribution in [-0.2, 0) is 4.79 Å². The highest BCUT2D eigenvalue weighted by Crippen LogP contribution is 2.22. The summed E-state index contributed by atoms with van der Waals surface area (Å²) in [6.07, 6.45) is 0.375. The Morgan fingerprint density at radius 1 is 1.17 bits per heavy atom. The van der Waals surface area contributed by atoms with Crippen molar-refractivity contribution in [1.82, 2.24) is 15.1 Å². The summed E-state index contributed by atoms with van der Waals surface area (Å²) < 4.78 is 13.5. The fourth-order valence-corrected chi connectivity index (χ4v) is 3.27. The molecule has 0 radical (unpaired) electrons. The lowest BCUT2D eigenvalue weighted by Gasteiger charge is -2.34. The molecule has 0 spiro atoms. The van der Waals surface area contributed by atoms with Crippen molar-refractivity contribution in [2.24, 2.45) is 0 Å². The smallest absolute Gasteiger partial charge is 0.317 e. The number of piperazine rings is 1. The molecule has 0 aromatic heterocycles. The van der Waals surface area contributed by atoms with Gasteiger partial charge in [0.25, 0.3) is 0 Å². The minimum Gasteiger partial charge on any atom is -0.339 e. The summed E-state index contributed by atoms with van der Waals surface area (Å²) >= 11 is 1.35. The largest absolute Gasteiger partial charge is 0.339 e. The number of urea groups is 1. The Hall–Kier alpha value is -1.76. The van der Waals surface area contributed by atoms with Crippen LogP contribution < -0.4 is 5.32 Å². The van der Waals surface area contributed by atoms with E-state index in [4.69, 9.17) is 0 Å². The molecule has 23 heavy (non-hydrogen) atoms. The van der Waals surface area contributed by atoms with Gasteiger partial charge in [-0.1, -0.05) is 12.1 Å². The van der Waals surface area contributed by atoms with Gasteiger partial charge in [-0.2, -0.15) is 0 Å². The van der Waals surface area contributed by atoms with Crippen LogP contribution in [0.5, 0.6) is 0 Å². The molecule has 0 unspecified atom stereocenters. The van der Waals surface area contributed by atoms with Crippen molar-refractivity contribution in [3.05, 3.63) is 30.1 Å². The number of carbonyl (C=O) groups is 2. The molecule has 1 saturated heterocycles. The molecular weight excluding hydrogens is 317 g/mol. The molecule has 126 valence electrons. The molecule has 1 aliphatic heterocycles. The highest BCUT2D eigenvalue weighted by molar-refractivity contribution is 7.99. The van der Waals surface area contributed by atoms with Crippen molar-refractivity contribution in [1.29, 1.82) is 0 Å². The van der Waals surface area contributed by atoms with E-state index < -0.39 is 0 Å². The van der Waals surface area contributed by atoms with Crippen molar-refractivity contribution in [2.45, 2.75) is 18.2 Å². The molecule has 0 aliphatic carbocycles. The highest BCUT2D eigenvalue weighted by atomic mass is 32.2. The standard InChI is InChI=1S/C16H22FN3O2S/c1-2-18-16(22)20-10-8-19(9-11-20)15(21)7-12-23-14-6-4-3-5-13(14)17/h3-6H,2,7-12H2,1H3,(H,18,22). The van der Waals surface area contributed by atoms with Crippen molar-refractivity contribution in [3.63, 3.8) is 0 Å². The molecule has 0 bridgehead atoms. The summed E-state index contributed by atoms with van der Waals surface area (Å²) in [6.45, 7) is 4.70. The highest BCUT2D eigenvalue weighted by Gasteiger charge is 2.23. The van der Waals surface area contributed by atoms with Crippen molar-refractivity contribution in [2.75, 3.05) is 38.5 Å². The Balaban J connectivity index is 1.71. The number of benzene rings is 1. The summed E-state index contributed by atoms with van der Waals surface area (Å²) in [4.78, 5) is 28.0. The molecule has 7 heteroatoms. The van der Waals surface area contributed by atoms with Crippen LogP contribution in [0.25, 0.3) is 0 Å². The maximum Gasteiger partial charge on any atom is 0.317 e. The lowest BCUT2D eigenvalue weighted by molar-refractivity contribution is -0.132. The number of carbonyl (C=O) groups excluding carboxylic acids is 2. The van der Waals surface area contributed by atoms with E-state index in [1.165, 1.54) is 17.8 Å². The number of hydrogen-bond donors (Lipinski definition) is 1. The third-order valence-corrected chi connectivity index (χ3v) is 4.71. The molecule has 1 fully saturated rings. The molecule has 5 nitrogen and oxygen atoms in total. The molecular formula is C16H22FN3O2S. The second kappa shape index (κ2) is 8.76. The second-order valence-electron chi connectivity index (χ2n) is 5.23. The first kappa shape index (κ1) is 17.6. The van der Waals surface area contributed by atoms with Crippen molar-refractivity contribution >= 4 is 23.7 Å². The van der Waals surface area contributed by atoms with Crippen LogP contribution in [0.2, 0.25) is 0 Å². The Labute approximate surface area is 140 Å². The maximum absolute atomic E-state index is 13.5. The third kappa shape index (κ3) is 5.13. The Morgan fingerprint density at radius 3 is 2.48 bits per heavy atom. The number of hydrogen-bond acceptors (Lipinski definition) is 3. The molecule has 1 heterocycles. The number of nitrogens with one attached hydrogen (secondary N) is 1. The monoisotopic (exact) mass is 339 g/mol. The van der Waals surface area contributed by atoms with Crippen LogP contribution >= 0.6 is 11.8 Å². The zero-order chi connectivity index (χ0) is 16.7. The predicted molar refractivity (Wildman–Crippen MR) is 89.0 cm³/mol. The van der Waals surface area contributed by atoms with Gasteiger partial charge < -0.3 is 15.1 Å². The van der Waals surface area contributed by atoms with E-state index in [1.807, 2.05) is 6.92 Å². The van der Waals surface area contributed by atoms with Crippen LogP contribution in [0.15, 0.2) is 29.2 Å². The molecule has 0 atom stereocenters. The van der Waals surface area contributed by atoms with E-state index in [-0.39, 0.29) is 17.8 Å². The van der Waals surface area contributed by atoms with Crippen LogP contribution in [0.1, 0.15) is 13.3 Å². The van der Waals surface area contributed by atoms with Gasteiger partial charge in [-0.15, -0.1) is 11.8 Å². The van der Waals surface area contributed by atoms with Gasteiger partial charge in [-0.3, -0.25) is 4.79 Å². The van der Waals surface area contributed by atoms with Gasteiger partial charge in [0.1, 0.15) is 5.82 Å². The van der Waals surface area contributed by atoms with Crippen LogP contribution in [-0.4, -0.2) is 60.2 Å². The van der Waals surface area contributed by atoms with E-state index in [2.05, 4.69) is 5.32 Å². The van der Waals surface area contributed by atoms with Gasteiger partial charge in [-0.05, 0) is 19.1 Å². The topological polar surface area (TPSA) is 52.7 Å². The van der Waals surface area contributed by atoms with Gasteiger partial charge >= 0.3 is 6.03 Å². The predicted octanol–water partition coefficient (Wildman–Crippen LogP) is 2.18. The first-order valence-electron chi connectivity index (χ1n) is 7.79. The van der Waals surface area contributed by atoms with Gasteiger partial charge in [0.05, 0.1) is 0 Å². The van der Waals surface area contributed by atoms with Crippen LogP contribution in [0.4, 0.5) is 9.18 Å². The number of rotatable bonds is 5. The third-order valence-electron chi connectivity index (χ3n) is 3.66. The molecule has 1 aromatic rings. The van der Waals surface area contributed by atoms with Gasteiger partial charge in [-0.25, -0.2) is 9.18 Å². The summed E-state index contributed by atoms with van der Waals surface area (Å²) in [6, 6.07) is 6.50. The molecule has 2 rings (SSSR count). The molecule has 1 aliphatic rings. The zero-order valence-electron chi connectivity index (χ0n) is 13.3. The fraction of sp³-hybridized carbons (Fsp3) is 0.500. The van der Waals surface area contributed by atoms with E-state index in [1.54, 1.807) is 28.0 Å². The van der Waals surface area contributed by atoms with E-state index >= 15 is 0 Å². The SMILES string of the molecule is CCNC(=O)N1CCN(C(=O)CCSc2ccccc2F)CC1. The van der Waals surface area contributed by atoms with E-state index in [0.29, 0.717) is 49.8 Å². The lowest BCUT2D eigenvalue weighted by Crippen LogP contribution is -2.53. The molecule has 3 amide bonds. The number of thioether (sulfide) groups is 1. The quantitative estimate of drug-likeness (QED) is 0.837. The molecule has 1 aromatic carbocycles. The number of amides is 3.